The van der Waals surface area contributed by atoms with Crippen LogP contribution in [0.4, 0.5) is 0 Å². The second kappa shape index (κ2) is 7.05. The molecule has 24 heavy (non-hydrogen) atoms. The lowest BCUT2D eigenvalue weighted by molar-refractivity contribution is 0.338. The number of fused-ring (bicyclic) bond motifs is 1. The zero-order valence-corrected chi connectivity index (χ0v) is 15.0. The summed E-state index contributed by atoms with van der Waals surface area (Å²) in [6, 6.07) is 15.9. The first kappa shape index (κ1) is 17.1. The molecule has 0 aromatic heterocycles. The molecule has 0 amide bonds. The highest BCUT2D eigenvalue weighted by Crippen LogP contribution is 2.37. The molecule has 0 bridgehead atoms. The summed E-state index contributed by atoms with van der Waals surface area (Å²) in [5, 5.41) is 0. The highest BCUT2D eigenvalue weighted by molar-refractivity contribution is 7.87. The Morgan fingerprint density at radius 3 is 2.46 bits per heavy atom. The Kier molecular flexibility index (Phi) is 5.04. The van der Waals surface area contributed by atoms with Crippen molar-refractivity contribution in [2.75, 3.05) is 13.1 Å². The monoisotopic (exact) mass is 344 g/mol. The third kappa shape index (κ3) is 3.24. The van der Waals surface area contributed by atoms with Crippen LogP contribution in [-0.4, -0.2) is 25.8 Å². The van der Waals surface area contributed by atoms with Crippen LogP contribution < -0.4 is 4.72 Å². The van der Waals surface area contributed by atoms with Crippen LogP contribution >= 0.6 is 0 Å². The lowest BCUT2D eigenvalue weighted by Crippen LogP contribution is -2.46. The highest BCUT2D eigenvalue weighted by Gasteiger charge is 2.36. The van der Waals surface area contributed by atoms with Gasteiger partial charge in [-0.1, -0.05) is 55.5 Å². The summed E-state index contributed by atoms with van der Waals surface area (Å²) >= 11 is 0. The Bertz CT molecular complexity index is 818. The van der Waals surface area contributed by atoms with Gasteiger partial charge in [0.25, 0.3) is 10.2 Å². The average Bonchev–Trinajstić information content (AvgIpc) is 2.59. The van der Waals surface area contributed by atoms with Crippen molar-refractivity contribution in [1.82, 2.24) is 9.03 Å². The van der Waals surface area contributed by atoms with E-state index in [2.05, 4.69) is 10.8 Å². The molecule has 0 fully saturated rings. The number of nitrogens with one attached hydrogen (secondary N) is 1. The molecule has 1 unspecified atom stereocenters. The standard InChI is InChI=1S/C19H24N2O2S/c1-3-13-20-24(22,23)21-14-12-16-9-5-7-11-18(16)19(21)17-10-6-4-8-15(17)2/h4-11,19-20H,3,12-14H2,1-2H3. The van der Waals surface area contributed by atoms with Gasteiger partial charge in [0.2, 0.25) is 0 Å². The third-order valence-corrected chi connectivity index (χ3v) is 6.15. The molecule has 4 nitrogen and oxygen atoms in total. The van der Waals surface area contributed by atoms with E-state index in [1.165, 1.54) is 5.56 Å². The summed E-state index contributed by atoms with van der Waals surface area (Å²) < 4.78 is 30.1. The van der Waals surface area contributed by atoms with Crippen LogP contribution in [0.25, 0.3) is 0 Å². The van der Waals surface area contributed by atoms with Gasteiger partial charge in [-0.3, -0.25) is 0 Å². The van der Waals surface area contributed by atoms with Gasteiger partial charge in [0.1, 0.15) is 0 Å². The van der Waals surface area contributed by atoms with Gasteiger partial charge in [-0.15, -0.1) is 0 Å². The first-order chi connectivity index (χ1) is 11.5. The van der Waals surface area contributed by atoms with Gasteiger partial charge < -0.3 is 0 Å². The number of rotatable bonds is 5. The first-order valence-electron chi connectivity index (χ1n) is 8.44. The third-order valence-electron chi connectivity index (χ3n) is 4.57. The van der Waals surface area contributed by atoms with E-state index >= 15 is 0 Å². The van der Waals surface area contributed by atoms with Crippen LogP contribution in [0.1, 0.15) is 41.6 Å². The van der Waals surface area contributed by atoms with Crippen molar-refractivity contribution in [3.8, 4) is 0 Å². The molecule has 5 heteroatoms. The van der Waals surface area contributed by atoms with Crippen molar-refractivity contribution >= 4 is 10.2 Å². The SMILES string of the molecule is CCCNS(=O)(=O)N1CCc2ccccc2C1c1ccccc1C. The molecule has 0 radical (unpaired) electrons. The van der Waals surface area contributed by atoms with Crippen LogP contribution in [0.5, 0.6) is 0 Å². The van der Waals surface area contributed by atoms with E-state index in [0.717, 1.165) is 29.5 Å². The van der Waals surface area contributed by atoms with E-state index in [0.29, 0.717) is 13.1 Å². The second-order valence-corrected chi connectivity index (χ2v) is 7.93. The Balaban J connectivity index is 2.11. The van der Waals surface area contributed by atoms with Crippen LogP contribution in [0.3, 0.4) is 0 Å². The maximum Gasteiger partial charge on any atom is 0.280 e. The fourth-order valence-electron chi connectivity index (χ4n) is 3.33. The lowest BCUT2D eigenvalue weighted by Gasteiger charge is -2.37. The van der Waals surface area contributed by atoms with Gasteiger partial charge >= 0.3 is 0 Å². The molecule has 1 heterocycles. The molecule has 0 saturated heterocycles. The Morgan fingerprint density at radius 2 is 1.75 bits per heavy atom. The van der Waals surface area contributed by atoms with Crippen molar-refractivity contribution in [2.45, 2.75) is 32.7 Å². The summed E-state index contributed by atoms with van der Waals surface area (Å²) in [4.78, 5) is 0. The number of hydrogen-bond acceptors (Lipinski definition) is 2. The van der Waals surface area contributed by atoms with Gasteiger partial charge in [-0.25, -0.2) is 4.72 Å². The van der Waals surface area contributed by atoms with E-state index in [9.17, 15) is 8.42 Å². The van der Waals surface area contributed by atoms with Crippen molar-refractivity contribution in [3.63, 3.8) is 0 Å². The molecule has 1 aliphatic heterocycles. The van der Waals surface area contributed by atoms with Crippen molar-refractivity contribution < 1.29 is 8.42 Å². The molecule has 128 valence electrons. The average molecular weight is 344 g/mol. The molecule has 3 rings (SSSR count). The summed E-state index contributed by atoms with van der Waals surface area (Å²) in [6.45, 7) is 4.96. The van der Waals surface area contributed by atoms with E-state index in [1.807, 2.05) is 56.3 Å². The van der Waals surface area contributed by atoms with Crippen molar-refractivity contribution in [2.24, 2.45) is 0 Å². The smallest absolute Gasteiger partial charge is 0.202 e. The van der Waals surface area contributed by atoms with Gasteiger partial charge in [-0.05, 0) is 42.0 Å². The van der Waals surface area contributed by atoms with E-state index in [-0.39, 0.29) is 6.04 Å². The van der Waals surface area contributed by atoms with Crippen LogP contribution in [-0.2, 0) is 16.6 Å². The van der Waals surface area contributed by atoms with Gasteiger partial charge in [0, 0.05) is 13.1 Å². The first-order valence-corrected chi connectivity index (χ1v) is 9.88. The van der Waals surface area contributed by atoms with Crippen molar-refractivity contribution in [1.29, 1.82) is 0 Å². The predicted octanol–water partition coefficient (Wildman–Crippen LogP) is 3.19. The highest BCUT2D eigenvalue weighted by atomic mass is 32.2. The molecule has 0 spiro atoms. The van der Waals surface area contributed by atoms with E-state index < -0.39 is 10.2 Å². The Hall–Kier alpha value is -1.69. The summed E-state index contributed by atoms with van der Waals surface area (Å²) in [6.07, 6.45) is 1.52. The fourth-order valence-corrected chi connectivity index (χ4v) is 4.80. The van der Waals surface area contributed by atoms with Crippen LogP contribution in [0.15, 0.2) is 48.5 Å². The molecule has 0 saturated carbocycles. The van der Waals surface area contributed by atoms with Crippen molar-refractivity contribution in [3.05, 3.63) is 70.8 Å². The number of aryl methyl sites for hydroxylation is 1. The minimum absolute atomic E-state index is 0.273. The Labute approximate surface area is 144 Å². The lowest BCUT2D eigenvalue weighted by atomic mass is 9.88. The van der Waals surface area contributed by atoms with Crippen LogP contribution in [0.2, 0.25) is 0 Å². The molecule has 1 N–H and O–H groups in total. The molecule has 2 aromatic rings. The van der Waals surface area contributed by atoms with E-state index in [4.69, 9.17) is 0 Å². The fraction of sp³-hybridized carbons (Fsp3) is 0.368. The topological polar surface area (TPSA) is 49.4 Å². The molecule has 1 aliphatic rings. The quantitative estimate of drug-likeness (QED) is 0.905. The molecule has 2 aromatic carbocycles. The Morgan fingerprint density at radius 1 is 1.08 bits per heavy atom. The number of hydrogen-bond donors (Lipinski definition) is 1. The zero-order chi connectivity index (χ0) is 17.2. The van der Waals surface area contributed by atoms with E-state index in [1.54, 1.807) is 4.31 Å². The van der Waals surface area contributed by atoms with Gasteiger partial charge in [0.05, 0.1) is 6.04 Å². The van der Waals surface area contributed by atoms with Gasteiger partial charge in [-0.2, -0.15) is 12.7 Å². The molecular formula is C19H24N2O2S. The molecule has 1 atom stereocenters. The summed E-state index contributed by atoms with van der Waals surface area (Å²) in [5.74, 6) is 0. The molecule has 0 aliphatic carbocycles. The predicted molar refractivity (Wildman–Crippen MR) is 97.1 cm³/mol. The maximum absolute atomic E-state index is 12.9. The largest absolute Gasteiger partial charge is 0.280 e. The normalized spacial score (nSPS) is 18.3. The second-order valence-electron chi connectivity index (χ2n) is 6.22. The minimum atomic E-state index is -3.52. The zero-order valence-electron chi connectivity index (χ0n) is 14.2. The van der Waals surface area contributed by atoms with Crippen LogP contribution in [0, 0.1) is 6.92 Å². The molecular weight excluding hydrogens is 320 g/mol. The minimum Gasteiger partial charge on any atom is -0.202 e. The number of benzene rings is 2. The summed E-state index contributed by atoms with van der Waals surface area (Å²) in [7, 11) is -3.52. The maximum atomic E-state index is 12.9. The van der Waals surface area contributed by atoms with Gasteiger partial charge in [0.15, 0.2) is 0 Å². The number of nitrogens with zero attached hydrogens (tertiary/aromatic N) is 1. The summed E-state index contributed by atoms with van der Waals surface area (Å²) in [5.41, 5.74) is 4.47.